The molecule has 0 aliphatic heterocycles. The van der Waals surface area contributed by atoms with Crippen molar-refractivity contribution in [1.29, 1.82) is 5.26 Å². The van der Waals surface area contributed by atoms with Crippen LogP contribution in [0.4, 0.5) is 5.69 Å². The number of nitrogens with one attached hydrogen (secondary N) is 1. The maximum absolute atomic E-state index is 11.7. The molecule has 0 unspecified atom stereocenters. The monoisotopic (exact) mass is 290 g/mol. The van der Waals surface area contributed by atoms with Crippen molar-refractivity contribution in [3.05, 3.63) is 29.8 Å². The number of ether oxygens (including phenoxy) is 2. The van der Waals surface area contributed by atoms with Crippen LogP contribution in [0.3, 0.4) is 0 Å². The molecule has 1 amide bonds. The van der Waals surface area contributed by atoms with E-state index in [1.165, 1.54) is 0 Å². The largest absolute Gasteiger partial charge is 0.379 e. The summed E-state index contributed by atoms with van der Waals surface area (Å²) in [5.41, 5.74) is 1.27. The molecular weight excluding hydrogens is 268 g/mol. The van der Waals surface area contributed by atoms with Gasteiger partial charge in [-0.15, -0.1) is 0 Å². The van der Waals surface area contributed by atoms with Crippen LogP contribution in [0.25, 0.3) is 0 Å². The van der Waals surface area contributed by atoms with E-state index in [2.05, 4.69) is 5.32 Å². The molecule has 0 heterocycles. The number of carbonyl (C=O) groups is 1. The predicted octanol–water partition coefficient (Wildman–Crippen LogP) is 2.72. The zero-order valence-corrected chi connectivity index (χ0v) is 12.6. The van der Waals surface area contributed by atoms with E-state index in [9.17, 15) is 4.79 Å². The van der Waals surface area contributed by atoms with Crippen LogP contribution < -0.4 is 5.32 Å². The molecule has 0 saturated heterocycles. The molecule has 0 spiro atoms. The van der Waals surface area contributed by atoms with Gasteiger partial charge in [0.25, 0.3) is 0 Å². The Morgan fingerprint density at radius 3 is 2.57 bits per heavy atom. The highest BCUT2D eigenvalue weighted by Crippen LogP contribution is 2.09. The van der Waals surface area contributed by atoms with Crippen molar-refractivity contribution < 1.29 is 14.3 Å². The van der Waals surface area contributed by atoms with Crippen LogP contribution in [-0.2, 0) is 14.3 Å². The Balaban J connectivity index is 2.09. The summed E-state index contributed by atoms with van der Waals surface area (Å²) in [5.74, 6) is -0.0539. The maximum Gasteiger partial charge on any atom is 0.224 e. The second-order valence-electron chi connectivity index (χ2n) is 4.87. The molecule has 114 valence electrons. The first kappa shape index (κ1) is 17.2. The van der Waals surface area contributed by atoms with Crippen LogP contribution in [0.1, 0.15) is 32.3 Å². The molecule has 1 rings (SSSR count). The molecule has 0 bridgehead atoms. The van der Waals surface area contributed by atoms with Crippen molar-refractivity contribution in [3.8, 4) is 6.07 Å². The third-order valence-corrected chi connectivity index (χ3v) is 2.67. The van der Waals surface area contributed by atoms with Crippen molar-refractivity contribution in [3.63, 3.8) is 0 Å². The second-order valence-corrected chi connectivity index (χ2v) is 4.87. The summed E-state index contributed by atoms with van der Waals surface area (Å²) in [6.45, 7) is 5.63. The Labute approximate surface area is 125 Å². The standard InChI is InChI=1S/C16H22N2O3/c1-13(2)21-11-10-20-9-3-4-16(19)18-15-7-5-14(12-17)6-8-15/h5-8,13H,3-4,9-11H2,1-2H3,(H,18,19). The fraction of sp³-hybridized carbons (Fsp3) is 0.500. The van der Waals surface area contributed by atoms with E-state index in [0.717, 1.165) is 0 Å². The number of hydrogen-bond donors (Lipinski definition) is 1. The normalized spacial score (nSPS) is 10.4. The van der Waals surface area contributed by atoms with Gasteiger partial charge in [-0.2, -0.15) is 5.26 Å². The molecule has 0 aliphatic carbocycles. The Morgan fingerprint density at radius 2 is 1.95 bits per heavy atom. The average Bonchev–Trinajstić information content (AvgIpc) is 2.46. The number of amides is 1. The topological polar surface area (TPSA) is 71.3 Å². The summed E-state index contributed by atoms with van der Waals surface area (Å²) in [5, 5.41) is 11.5. The smallest absolute Gasteiger partial charge is 0.224 e. The summed E-state index contributed by atoms with van der Waals surface area (Å²) >= 11 is 0. The summed E-state index contributed by atoms with van der Waals surface area (Å²) in [7, 11) is 0. The SMILES string of the molecule is CC(C)OCCOCCCC(=O)Nc1ccc(C#N)cc1. The van der Waals surface area contributed by atoms with Crippen LogP contribution in [-0.4, -0.2) is 31.8 Å². The molecule has 0 aliphatic rings. The molecule has 0 aromatic heterocycles. The minimum Gasteiger partial charge on any atom is -0.379 e. The van der Waals surface area contributed by atoms with Gasteiger partial charge in [0.1, 0.15) is 0 Å². The number of hydrogen-bond acceptors (Lipinski definition) is 4. The molecule has 1 aromatic carbocycles. The zero-order valence-electron chi connectivity index (χ0n) is 12.6. The van der Waals surface area contributed by atoms with E-state index in [-0.39, 0.29) is 12.0 Å². The molecule has 0 atom stereocenters. The van der Waals surface area contributed by atoms with Crippen LogP contribution >= 0.6 is 0 Å². The van der Waals surface area contributed by atoms with E-state index in [1.807, 2.05) is 19.9 Å². The third-order valence-electron chi connectivity index (χ3n) is 2.67. The predicted molar refractivity (Wildman–Crippen MR) is 80.9 cm³/mol. The number of rotatable bonds is 9. The number of benzene rings is 1. The van der Waals surface area contributed by atoms with Gasteiger partial charge in [-0.25, -0.2) is 0 Å². The number of carbonyl (C=O) groups excluding carboxylic acids is 1. The lowest BCUT2D eigenvalue weighted by molar-refractivity contribution is -0.116. The average molecular weight is 290 g/mol. The maximum atomic E-state index is 11.7. The minimum absolute atomic E-state index is 0.0539. The van der Waals surface area contributed by atoms with E-state index in [4.69, 9.17) is 14.7 Å². The molecule has 21 heavy (non-hydrogen) atoms. The Kier molecular flexibility index (Phi) is 8.10. The van der Waals surface area contributed by atoms with Crippen molar-refractivity contribution in [2.45, 2.75) is 32.8 Å². The van der Waals surface area contributed by atoms with Gasteiger partial charge in [-0.05, 0) is 44.5 Å². The van der Waals surface area contributed by atoms with Gasteiger partial charge in [-0.3, -0.25) is 4.79 Å². The highest BCUT2D eigenvalue weighted by atomic mass is 16.5. The molecule has 5 heteroatoms. The number of nitriles is 1. The summed E-state index contributed by atoms with van der Waals surface area (Å²) in [6.07, 6.45) is 1.29. The van der Waals surface area contributed by atoms with Crippen molar-refractivity contribution in [2.24, 2.45) is 0 Å². The van der Waals surface area contributed by atoms with Crippen LogP contribution in [0.15, 0.2) is 24.3 Å². The van der Waals surface area contributed by atoms with Crippen molar-refractivity contribution >= 4 is 11.6 Å². The van der Waals surface area contributed by atoms with E-state index >= 15 is 0 Å². The van der Waals surface area contributed by atoms with E-state index in [1.54, 1.807) is 24.3 Å². The number of nitrogens with zero attached hydrogens (tertiary/aromatic N) is 1. The van der Waals surface area contributed by atoms with Crippen molar-refractivity contribution in [2.75, 3.05) is 25.1 Å². The fourth-order valence-electron chi connectivity index (χ4n) is 1.63. The van der Waals surface area contributed by atoms with Gasteiger partial charge in [0.15, 0.2) is 0 Å². The first-order valence-corrected chi connectivity index (χ1v) is 7.11. The quantitative estimate of drug-likeness (QED) is 0.710. The minimum atomic E-state index is -0.0539. The van der Waals surface area contributed by atoms with Gasteiger partial charge < -0.3 is 14.8 Å². The Bertz CT molecular complexity index is 463. The molecular formula is C16H22N2O3. The second kappa shape index (κ2) is 9.92. The Hall–Kier alpha value is -1.90. The summed E-state index contributed by atoms with van der Waals surface area (Å²) in [6, 6.07) is 8.82. The molecule has 1 N–H and O–H groups in total. The highest BCUT2D eigenvalue weighted by molar-refractivity contribution is 5.90. The van der Waals surface area contributed by atoms with E-state index in [0.29, 0.717) is 43.9 Å². The lowest BCUT2D eigenvalue weighted by atomic mass is 10.2. The van der Waals surface area contributed by atoms with Gasteiger partial charge in [-0.1, -0.05) is 0 Å². The molecule has 1 aromatic rings. The van der Waals surface area contributed by atoms with Gasteiger partial charge in [0, 0.05) is 18.7 Å². The molecule has 5 nitrogen and oxygen atoms in total. The molecule has 0 saturated carbocycles. The first-order chi connectivity index (χ1) is 10.1. The lowest BCUT2D eigenvalue weighted by Gasteiger charge is -2.08. The third kappa shape index (κ3) is 8.08. The van der Waals surface area contributed by atoms with Crippen molar-refractivity contribution in [1.82, 2.24) is 0 Å². The van der Waals surface area contributed by atoms with Crippen LogP contribution in [0.2, 0.25) is 0 Å². The molecule has 0 fully saturated rings. The van der Waals surface area contributed by atoms with Crippen LogP contribution in [0.5, 0.6) is 0 Å². The Morgan fingerprint density at radius 1 is 1.24 bits per heavy atom. The van der Waals surface area contributed by atoms with Crippen LogP contribution in [0, 0.1) is 11.3 Å². The molecule has 0 radical (unpaired) electrons. The fourth-order valence-corrected chi connectivity index (χ4v) is 1.63. The zero-order chi connectivity index (χ0) is 15.5. The highest BCUT2D eigenvalue weighted by Gasteiger charge is 2.02. The van der Waals surface area contributed by atoms with Gasteiger partial charge in [0.05, 0.1) is 31.0 Å². The summed E-state index contributed by atoms with van der Waals surface area (Å²) in [4.78, 5) is 11.7. The first-order valence-electron chi connectivity index (χ1n) is 7.11. The summed E-state index contributed by atoms with van der Waals surface area (Å²) < 4.78 is 10.7. The lowest BCUT2D eigenvalue weighted by Crippen LogP contribution is -2.13. The number of anilines is 1. The van der Waals surface area contributed by atoms with Gasteiger partial charge in [0.2, 0.25) is 5.91 Å². The van der Waals surface area contributed by atoms with Gasteiger partial charge >= 0.3 is 0 Å². The van der Waals surface area contributed by atoms with E-state index < -0.39 is 0 Å².